The maximum atomic E-state index is 4.39. The zero-order chi connectivity index (χ0) is 10.8. The molecule has 0 radical (unpaired) electrons. The molecule has 0 aliphatic heterocycles. The predicted octanol–water partition coefficient (Wildman–Crippen LogP) is 2.16. The van der Waals surface area contributed by atoms with Gasteiger partial charge in [0.1, 0.15) is 0 Å². The van der Waals surface area contributed by atoms with Crippen molar-refractivity contribution >= 4 is 11.0 Å². The molecule has 1 unspecified atom stereocenters. The molecule has 2 rings (SSSR count). The molecule has 80 valence electrons. The first-order valence-corrected chi connectivity index (χ1v) is 5.25. The van der Waals surface area contributed by atoms with Crippen molar-refractivity contribution in [1.29, 1.82) is 0 Å². The van der Waals surface area contributed by atoms with Gasteiger partial charge < -0.3 is 9.47 Å². The van der Waals surface area contributed by atoms with Gasteiger partial charge in [-0.15, -0.1) is 0 Å². The number of rotatable bonds is 3. The van der Waals surface area contributed by atoms with Crippen molar-refractivity contribution in [2.45, 2.75) is 13.0 Å². The van der Waals surface area contributed by atoms with Crippen molar-refractivity contribution in [1.82, 2.24) is 14.5 Å². The Labute approximate surface area is 90.3 Å². The Morgan fingerprint density at radius 3 is 2.80 bits per heavy atom. The number of imidazole rings is 1. The maximum Gasteiger partial charge on any atom is 0.0961 e. The van der Waals surface area contributed by atoms with Gasteiger partial charge in [-0.2, -0.15) is 0 Å². The Balaban J connectivity index is 2.35. The van der Waals surface area contributed by atoms with E-state index in [0.29, 0.717) is 6.04 Å². The number of likely N-dealkylation sites (N-methyl/N-ethyl adjacent to an activating group) is 1. The first-order valence-electron chi connectivity index (χ1n) is 5.25. The third-order valence-corrected chi connectivity index (χ3v) is 2.59. The van der Waals surface area contributed by atoms with E-state index in [9.17, 15) is 0 Å². The van der Waals surface area contributed by atoms with Gasteiger partial charge in [0.05, 0.1) is 17.4 Å². The van der Waals surface area contributed by atoms with Crippen molar-refractivity contribution < 1.29 is 0 Å². The Hall–Kier alpha value is -1.35. The van der Waals surface area contributed by atoms with Crippen molar-refractivity contribution in [3.63, 3.8) is 0 Å². The Kier molecular flexibility index (Phi) is 2.73. The topological polar surface area (TPSA) is 21.1 Å². The van der Waals surface area contributed by atoms with Crippen molar-refractivity contribution in [3.8, 4) is 0 Å². The third-order valence-electron chi connectivity index (χ3n) is 2.59. The average molecular weight is 203 g/mol. The molecule has 1 aromatic carbocycles. The van der Waals surface area contributed by atoms with Gasteiger partial charge in [0.25, 0.3) is 0 Å². The van der Waals surface area contributed by atoms with Crippen LogP contribution < -0.4 is 0 Å². The minimum absolute atomic E-state index is 0.451. The highest BCUT2D eigenvalue weighted by Gasteiger charge is 2.09. The zero-order valence-corrected chi connectivity index (χ0v) is 9.51. The molecule has 3 nitrogen and oxygen atoms in total. The summed E-state index contributed by atoms with van der Waals surface area (Å²) in [6, 6.07) is 8.70. The van der Waals surface area contributed by atoms with Crippen LogP contribution in [0.2, 0.25) is 0 Å². The van der Waals surface area contributed by atoms with E-state index in [1.165, 1.54) is 5.52 Å². The molecule has 0 fully saturated rings. The molecule has 0 amide bonds. The summed E-state index contributed by atoms with van der Waals surface area (Å²) in [4.78, 5) is 6.59. The lowest BCUT2D eigenvalue weighted by atomic mass is 10.2. The average Bonchev–Trinajstić information content (AvgIpc) is 2.59. The lowest BCUT2D eigenvalue weighted by molar-refractivity contribution is 0.340. The molecule has 2 aromatic rings. The molecule has 1 aromatic heterocycles. The molecular weight excluding hydrogens is 186 g/mol. The standard InChI is InChI=1S/C12H17N3/c1-10(8-14(2)3)15-9-13-11-6-4-5-7-12(11)15/h4-7,9-10H,8H2,1-3H3. The number of fused-ring (bicyclic) bond motifs is 1. The summed E-state index contributed by atoms with van der Waals surface area (Å²) in [5.74, 6) is 0. The van der Waals surface area contributed by atoms with Crippen LogP contribution in [0.4, 0.5) is 0 Å². The lowest BCUT2D eigenvalue weighted by Crippen LogP contribution is -2.21. The van der Waals surface area contributed by atoms with E-state index in [0.717, 1.165) is 12.1 Å². The van der Waals surface area contributed by atoms with E-state index in [-0.39, 0.29) is 0 Å². The predicted molar refractivity (Wildman–Crippen MR) is 63.0 cm³/mol. The summed E-state index contributed by atoms with van der Waals surface area (Å²) < 4.78 is 2.23. The minimum Gasteiger partial charge on any atom is -0.326 e. The van der Waals surface area contributed by atoms with Crippen LogP contribution >= 0.6 is 0 Å². The number of hydrogen-bond acceptors (Lipinski definition) is 2. The molecule has 15 heavy (non-hydrogen) atoms. The van der Waals surface area contributed by atoms with Crippen molar-refractivity contribution in [3.05, 3.63) is 30.6 Å². The Morgan fingerprint density at radius 1 is 1.33 bits per heavy atom. The maximum absolute atomic E-state index is 4.39. The summed E-state index contributed by atoms with van der Waals surface area (Å²) in [5.41, 5.74) is 2.29. The molecule has 1 atom stereocenters. The van der Waals surface area contributed by atoms with E-state index in [4.69, 9.17) is 0 Å². The Morgan fingerprint density at radius 2 is 2.07 bits per heavy atom. The van der Waals surface area contributed by atoms with E-state index < -0.39 is 0 Å². The van der Waals surface area contributed by atoms with E-state index in [1.54, 1.807) is 0 Å². The molecule has 0 bridgehead atoms. The highest BCUT2D eigenvalue weighted by molar-refractivity contribution is 5.75. The van der Waals surface area contributed by atoms with Crippen LogP contribution in [-0.4, -0.2) is 35.1 Å². The monoisotopic (exact) mass is 203 g/mol. The summed E-state index contributed by atoms with van der Waals surface area (Å²) in [6.07, 6.45) is 1.93. The number of aromatic nitrogens is 2. The Bertz CT molecular complexity index is 445. The largest absolute Gasteiger partial charge is 0.326 e. The van der Waals surface area contributed by atoms with Crippen LogP contribution in [-0.2, 0) is 0 Å². The van der Waals surface area contributed by atoms with Crippen molar-refractivity contribution in [2.75, 3.05) is 20.6 Å². The molecular formula is C12H17N3. The highest BCUT2D eigenvalue weighted by atomic mass is 15.1. The highest BCUT2D eigenvalue weighted by Crippen LogP contribution is 2.17. The van der Waals surface area contributed by atoms with E-state index in [1.807, 2.05) is 18.5 Å². The fourth-order valence-corrected chi connectivity index (χ4v) is 1.95. The number of para-hydroxylation sites is 2. The van der Waals surface area contributed by atoms with E-state index in [2.05, 4.69) is 47.6 Å². The first-order chi connectivity index (χ1) is 7.18. The molecule has 0 aliphatic rings. The molecule has 0 saturated heterocycles. The second-order valence-corrected chi connectivity index (χ2v) is 4.25. The SMILES string of the molecule is CC(CN(C)C)n1cnc2ccccc21. The van der Waals surface area contributed by atoms with Gasteiger partial charge in [-0.1, -0.05) is 12.1 Å². The first kappa shape index (κ1) is 10.2. The molecule has 0 aliphatic carbocycles. The van der Waals surface area contributed by atoms with Crippen molar-refractivity contribution in [2.24, 2.45) is 0 Å². The third kappa shape index (κ3) is 2.02. The van der Waals surface area contributed by atoms with Crippen LogP contribution in [0.5, 0.6) is 0 Å². The second kappa shape index (κ2) is 4.03. The molecule has 0 saturated carbocycles. The number of nitrogens with zero attached hydrogens (tertiary/aromatic N) is 3. The fourth-order valence-electron chi connectivity index (χ4n) is 1.95. The quantitative estimate of drug-likeness (QED) is 0.762. The molecule has 0 N–H and O–H groups in total. The normalized spacial score (nSPS) is 13.6. The smallest absolute Gasteiger partial charge is 0.0961 e. The molecule has 0 spiro atoms. The van der Waals surface area contributed by atoms with Gasteiger partial charge in [-0.3, -0.25) is 0 Å². The molecule has 1 heterocycles. The van der Waals surface area contributed by atoms with Gasteiger partial charge in [-0.25, -0.2) is 4.98 Å². The van der Waals surface area contributed by atoms with Crippen LogP contribution in [0.25, 0.3) is 11.0 Å². The summed E-state index contributed by atoms with van der Waals surface area (Å²) >= 11 is 0. The fraction of sp³-hybridized carbons (Fsp3) is 0.417. The summed E-state index contributed by atoms with van der Waals surface area (Å²) in [6.45, 7) is 3.24. The van der Waals surface area contributed by atoms with Crippen LogP contribution in [0.15, 0.2) is 30.6 Å². The van der Waals surface area contributed by atoms with Gasteiger partial charge in [0, 0.05) is 12.6 Å². The van der Waals surface area contributed by atoms with Gasteiger partial charge >= 0.3 is 0 Å². The van der Waals surface area contributed by atoms with Gasteiger partial charge in [0.2, 0.25) is 0 Å². The number of benzene rings is 1. The zero-order valence-electron chi connectivity index (χ0n) is 9.51. The van der Waals surface area contributed by atoms with Crippen LogP contribution in [0.3, 0.4) is 0 Å². The lowest BCUT2D eigenvalue weighted by Gasteiger charge is -2.18. The summed E-state index contributed by atoms with van der Waals surface area (Å²) in [7, 11) is 4.19. The van der Waals surface area contributed by atoms with Crippen LogP contribution in [0.1, 0.15) is 13.0 Å². The molecule has 3 heteroatoms. The summed E-state index contributed by atoms with van der Waals surface area (Å²) in [5, 5.41) is 0. The van der Waals surface area contributed by atoms with E-state index >= 15 is 0 Å². The minimum atomic E-state index is 0.451. The van der Waals surface area contributed by atoms with Gasteiger partial charge in [0.15, 0.2) is 0 Å². The number of hydrogen-bond donors (Lipinski definition) is 0. The second-order valence-electron chi connectivity index (χ2n) is 4.25. The van der Waals surface area contributed by atoms with Gasteiger partial charge in [-0.05, 0) is 33.2 Å². The van der Waals surface area contributed by atoms with Crippen LogP contribution in [0, 0.1) is 0 Å².